The molecule has 0 saturated carbocycles. The number of nitriles is 1. The second-order valence-corrected chi connectivity index (χ2v) is 7.31. The van der Waals surface area contributed by atoms with Crippen LogP contribution in [0.3, 0.4) is 0 Å². The first kappa shape index (κ1) is 22.6. The fourth-order valence-corrected chi connectivity index (χ4v) is 2.93. The maximum Gasteiger partial charge on any atom is 0.266 e. The molecule has 0 aliphatic carbocycles. The summed E-state index contributed by atoms with van der Waals surface area (Å²) in [5.74, 6) is 0.859. The predicted octanol–water partition coefficient (Wildman–Crippen LogP) is 5.91. The monoisotopic (exact) mass is 426 g/mol. The van der Waals surface area contributed by atoms with Crippen LogP contribution in [0.4, 0.5) is 5.69 Å². The highest BCUT2D eigenvalue weighted by atomic mass is 16.5. The van der Waals surface area contributed by atoms with Crippen LogP contribution in [0.25, 0.3) is 6.08 Å². The quantitative estimate of drug-likeness (QED) is 0.341. The third-order valence-corrected chi connectivity index (χ3v) is 4.68. The van der Waals surface area contributed by atoms with E-state index in [1.165, 1.54) is 5.56 Å². The predicted molar refractivity (Wildman–Crippen MR) is 126 cm³/mol. The molecule has 1 amide bonds. The highest BCUT2D eigenvalue weighted by Crippen LogP contribution is 2.22. The van der Waals surface area contributed by atoms with E-state index in [1.54, 1.807) is 30.3 Å². The van der Waals surface area contributed by atoms with Gasteiger partial charge >= 0.3 is 0 Å². The van der Waals surface area contributed by atoms with Gasteiger partial charge in [-0.05, 0) is 55.3 Å². The van der Waals surface area contributed by atoms with Gasteiger partial charge in [-0.1, -0.05) is 55.0 Å². The van der Waals surface area contributed by atoms with Crippen LogP contribution in [-0.4, -0.2) is 12.5 Å². The average Bonchev–Trinajstić information content (AvgIpc) is 2.82. The Morgan fingerprint density at radius 1 is 1.00 bits per heavy atom. The van der Waals surface area contributed by atoms with Crippen LogP contribution >= 0.6 is 0 Å². The molecular formula is C27H26N2O3. The Morgan fingerprint density at radius 2 is 1.72 bits per heavy atom. The van der Waals surface area contributed by atoms with Gasteiger partial charge in [-0.15, -0.1) is 0 Å². The largest absolute Gasteiger partial charge is 0.493 e. The van der Waals surface area contributed by atoms with Gasteiger partial charge in [-0.3, -0.25) is 4.79 Å². The molecule has 0 unspecified atom stereocenters. The molecule has 0 radical (unpaired) electrons. The molecule has 0 fully saturated rings. The van der Waals surface area contributed by atoms with Gasteiger partial charge in [0, 0.05) is 11.3 Å². The second-order valence-electron chi connectivity index (χ2n) is 7.31. The Morgan fingerprint density at radius 3 is 2.41 bits per heavy atom. The number of nitrogens with zero attached hydrogens (tertiary/aromatic N) is 1. The molecule has 1 N–H and O–H groups in total. The van der Waals surface area contributed by atoms with Gasteiger partial charge < -0.3 is 14.8 Å². The Bertz CT molecular complexity index is 1110. The third kappa shape index (κ3) is 6.48. The van der Waals surface area contributed by atoms with Gasteiger partial charge in [0.2, 0.25) is 0 Å². The number of benzene rings is 3. The van der Waals surface area contributed by atoms with Crippen molar-refractivity contribution in [2.75, 3.05) is 11.9 Å². The van der Waals surface area contributed by atoms with E-state index < -0.39 is 5.91 Å². The molecule has 3 rings (SSSR count). The van der Waals surface area contributed by atoms with Gasteiger partial charge in [0.15, 0.2) is 0 Å². The molecule has 0 aliphatic heterocycles. The lowest BCUT2D eigenvalue weighted by Crippen LogP contribution is -2.13. The number of ether oxygens (including phenoxy) is 2. The third-order valence-electron chi connectivity index (χ3n) is 4.68. The zero-order valence-corrected chi connectivity index (χ0v) is 18.3. The van der Waals surface area contributed by atoms with Crippen LogP contribution in [-0.2, 0) is 11.4 Å². The lowest BCUT2D eigenvalue weighted by atomic mass is 10.1. The number of hydrogen-bond donors (Lipinski definition) is 1. The molecule has 0 saturated heterocycles. The summed E-state index contributed by atoms with van der Waals surface area (Å²) in [5, 5.41) is 12.3. The lowest BCUT2D eigenvalue weighted by Gasteiger charge is -2.10. The number of amides is 1. The molecule has 0 heterocycles. The number of hydrogen-bond acceptors (Lipinski definition) is 4. The zero-order chi connectivity index (χ0) is 22.8. The second kappa shape index (κ2) is 11.4. The van der Waals surface area contributed by atoms with Crippen molar-refractivity contribution >= 4 is 17.7 Å². The molecule has 0 atom stereocenters. The van der Waals surface area contributed by atoms with Gasteiger partial charge in [0.25, 0.3) is 5.91 Å². The van der Waals surface area contributed by atoms with Crippen molar-refractivity contribution in [1.29, 1.82) is 5.26 Å². The van der Waals surface area contributed by atoms with Crippen LogP contribution in [0.1, 0.15) is 30.0 Å². The molecule has 0 bridgehead atoms. The first-order chi connectivity index (χ1) is 15.6. The number of rotatable bonds is 9. The average molecular weight is 427 g/mol. The minimum absolute atomic E-state index is 0.00255. The van der Waals surface area contributed by atoms with Crippen molar-refractivity contribution in [2.24, 2.45) is 0 Å². The first-order valence-electron chi connectivity index (χ1n) is 10.5. The number of carbonyl (C=O) groups is 1. The number of carbonyl (C=O) groups excluding carboxylic acids is 1. The van der Waals surface area contributed by atoms with E-state index in [1.807, 2.05) is 68.4 Å². The van der Waals surface area contributed by atoms with Gasteiger partial charge in [-0.25, -0.2) is 0 Å². The minimum atomic E-state index is -0.480. The minimum Gasteiger partial charge on any atom is -0.493 e. The normalized spacial score (nSPS) is 10.8. The molecule has 3 aromatic rings. The SMILES string of the molecule is CCCOc1ccccc1/C=C(\C#N)C(=O)Nc1ccc(OCc2ccc(C)cc2)cc1. The number of anilines is 1. The Kier molecular flexibility index (Phi) is 8.05. The summed E-state index contributed by atoms with van der Waals surface area (Å²) < 4.78 is 11.5. The van der Waals surface area contributed by atoms with E-state index in [-0.39, 0.29) is 5.57 Å². The topological polar surface area (TPSA) is 71.3 Å². The Hall–Kier alpha value is -4.04. The van der Waals surface area contributed by atoms with E-state index in [4.69, 9.17) is 9.47 Å². The van der Waals surface area contributed by atoms with Crippen molar-refractivity contribution < 1.29 is 14.3 Å². The summed E-state index contributed by atoms with van der Waals surface area (Å²) in [5.41, 5.74) is 3.55. The highest BCUT2D eigenvalue weighted by Gasteiger charge is 2.11. The van der Waals surface area contributed by atoms with Crippen molar-refractivity contribution in [3.63, 3.8) is 0 Å². The van der Waals surface area contributed by atoms with Crippen LogP contribution in [0.15, 0.2) is 78.4 Å². The Labute approximate surface area is 188 Å². The summed E-state index contributed by atoms with van der Waals surface area (Å²) in [4.78, 5) is 12.6. The lowest BCUT2D eigenvalue weighted by molar-refractivity contribution is -0.112. The van der Waals surface area contributed by atoms with E-state index in [0.717, 1.165) is 12.0 Å². The zero-order valence-electron chi connectivity index (χ0n) is 18.3. The highest BCUT2D eigenvalue weighted by molar-refractivity contribution is 6.09. The summed E-state index contributed by atoms with van der Waals surface area (Å²) in [6.07, 6.45) is 2.41. The van der Waals surface area contributed by atoms with Crippen molar-refractivity contribution in [3.8, 4) is 17.6 Å². The smallest absolute Gasteiger partial charge is 0.266 e. The molecule has 0 aromatic heterocycles. The Balaban J connectivity index is 1.63. The van der Waals surface area contributed by atoms with Crippen LogP contribution in [0.2, 0.25) is 0 Å². The van der Waals surface area contributed by atoms with Crippen molar-refractivity contribution in [2.45, 2.75) is 26.9 Å². The standard InChI is InChI=1S/C27H26N2O3/c1-3-16-31-26-7-5-4-6-22(26)17-23(18-28)27(30)29-24-12-14-25(15-13-24)32-19-21-10-8-20(2)9-11-21/h4-15,17H,3,16,19H2,1-2H3,(H,29,30)/b23-17+. The van der Waals surface area contributed by atoms with Crippen LogP contribution in [0, 0.1) is 18.3 Å². The van der Waals surface area contributed by atoms with Crippen molar-refractivity contribution in [3.05, 3.63) is 95.1 Å². The number of nitrogens with one attached hydrogen (secondary N) is 1. The maximum absolute atomic E-state index is 12.6. The summed E-state index contributed by atoms with van der Waals surface area (Å²) in [6.45, 7) is 5.10. The first-order valence-corrected chi connectivity index (χ1v) is 10.5. The van der Waals surface area contributed by atoms with E-state index in [9.17, 15) is 10.1 Å². The molecule has 5 nitrogen and oxygen atoms in total. The molecular weight excluding hydrogens is 400 g/mol. The van der Waals surface area contributed by atoms with Gasteiger partial charge in [0.1, 0.15) is 29.7 Å². The summed E-state index contributed by atoms with van der Waals surface area (Å²) in [7, 11) is 0. The van der Waals surface area contributed by atoms with Gasteiger partial charge in [0.05, 0.1) is 6.61 Å². The maximum atomic E-state index is 12.6. The fourth-order valence-electron chi connectivity index (χ4n) is 2.93. The number of para-hydroxylation sites is 1. The summed E-state index contributed by atoms with van der Waals surface area (Å²) in [6, 6.07) is 24.5. The molecule has 0 aliphatic rings. The van der Waals surface area contributed by atoms with E-state index >= 15 is 0 Å². The molecule has 3 aromatic carbocycles. The van der Waals surface area contributed by atoms with Crippen LogP contribution < -0.4 is 14.8 Å². The summed E-state index contributed by atoms with van der Waals surface area (Å²) >= 11 is 0. The molecule has 5 heteroatoms. The molecule has 32 heavy (non-hydrogen) atoms. The van der Waals surface area contributed by atoms with Crippen molar-refractivity contribution in [1.82, 2.24) is 0 Å². The van der Waals surface area contributed by atoms with Crippen LogP contribution in [0.5, 0.6) is 11.5 Å². The van der Waals surface area contributed by atoms with E-state index in [2.05, 4.69) is 5.32 Å². The molecule has 0 spiro atoms. The van der Waals surface area contributed by atoms with Gasteiger partial charge in [-0.2, -0.15) is 5.26 Å². The number of aryl methyl sites for hydroxylation is 1. The molecule has 162 valence electrons. The van der Waals surface area contributed by atoms with E-state index in [0.29, 0.717) is 36.0 Å². The fraction of sp³-hybridized carbons (Fsp3) is 0.185.